The summed E-state index contributed by atoms with van der Waals surface area (Å²) in [5, 5.41) is 6.27. The Hall–Kier alpha value is -0.860. The van der Waals surface area contributed by atoms with E-state index in [9.17, 15) is 8.42 Å². The molecule has 21 heavy (non-hydrogen) atoms. The van der Waals surface area contributed by atoms with Crippen LogP contribution in [-0.4, -0.2) is 83.3 Å². The standard InChI is InChI=1S/C13H28N4O3S/c1-13(2,17-6-8-20-9-7-17)11-16-12(14-3)15-5-10-21(4,18)19/h5-11H2,1-4H3,(H2,14,15,16). The molecule has 1 heterocycles. The number of hydrogen-bond donors (Lipinski definition) is 2. The molecule has 0 aliphatic carbocycles. The van der Waals surface area contributed by atoms with E-state index in [1.165, 1.54) is 6.26 Å². The Bertz CT molecular complexity index is 442. The molecule has 1 fully saturated rings. The molecule has 0 saturated carbocycles. The second-order valence-corrected chi connectivity index (χ2v) is 8.15. The fourth-order valence-electron chi connectivity index (χ4n) is 2.16. The summed E-state index contributed by atoms with van der Waals surface area (Å²) in [4.78, 5) is 6.49. The van der Waals surface area contributed by atoms with Gasteiger partial charge in [0.1, 0.15) is 9.84 Å². The van der Waals surface area contributed by atoms with Gasteiger partial charge in [-0.3, -0.25) is 9.89 Å². The first-order valence-electron chi connectivity index (χ1n) is 7.20. The molecule has 1 saturated heterocycles. The predicted molar refractivity (Wildman–Crippen MR) is 85.5 cm³/mol. The van der Waals surface area contributed by atoms with E-state index >= 15 is 0 Å². The molecule has 0 aromatic heterocycles. The van der Waals surface area contributed by atoms with Crippen LogP contribution in [0.25, 0.3) is 0 Å². The Morgan fingerprint density at radius 1 is 1.29 bits per heavy atom. The van der Waals surface area contributed by atoms with E-state index in [0.29, 0.717) is 12.5 Å². The van der Waals surface area contributed by atoms with Crippen molar-refractivity contribution >= 4 is 15.8 Å². The van der Waals surface area contributed by atoms with E-state index in [1.807, 2.05) is 0 Å². The molecule has 2 N–H and O–H groups in total. The van der Waals surface area contributed by atoms with Gasteiger partial charge in [0, 0.05) is 45.0 Å². The average Bonchev–Trinajstić information content (AvgIpc) is 2.42. The Balaban J connectivity index is 2.39. The fourth-order valence-corrected chi connectivity index (χ4v) is 2.63. The Labute approximate surface area is 128 Å². The van der Waals surface area contributed by atoms with Crippen molar-refractivity contribution in [2.24, 2.45) is 4.99 Å². The van der Waals surface area contributed by atoms with Crippen LogP contribution in [0.1, 0.15) is 13.8 Å². The van der Waals surface area contributed by atoms with Gasteiger partial charge in [-0.15, -0.1) is 0 Å². The summed E-state index contributed by atoms with van der Waals surface area (Å²) in [6.45, 7) is 8.82. The van der Waals surface area contributed by atoms with E-state index in [0.717, 1.165) is 32.8 Å². The minimum Gasteiger partial charge on any atom is -0.379 e. The smallest absolute Gasteiger partial charge is 0.191 e. The number of aliphatic imine (C=N–C) groups is 1. The topological polar surface area (TPSA) is 83.0 Å². The fraction of sp³-hybridized carbons (Fsp3) is 0.923. The summed E-state index contributed by atoms with van der Waals surface area (Å²) in [6, 6.07) is 0. The van der Waals surface area contributed by atoms with E-state index in [-0.39, 0.29) is 11.3 Å². The normalized spacial score (nSPS) is 18.6. The molecule has 1 aliphatic rings. The molecule has 0 unspecified atom stereocenters. The number of sulfone groups is 1. The lowest BCUT2D eigenvalue weighted by atomic mass is 10.0. The van der Waals surface area contributed by atoms with E-state index in [2.05, 4.69) is 34.4 Å². The van der Waals surface area contributed by atoms with Crippen molar-refractivity contribution in [3.63, 3.8) is 0 Å². The number of hydrogen-bond acceptors (Lipinski definition) is 5. The molecule has 8 heteroatoms. The molecule has 0 spiro atoms. The SMILES string of the molecule is CN=C(NCCS(C)(=O)=O)NCC(C)(C)N1CCOCC1. The van der Waals surface area contributed by atoms with E-state index in [4.69, 9.17) is 4.74 Å². The van der Waals surface area contributed by atoms with Gasteiger partial charge in [-0.05, 0) is 13.8 Å². The van der Waals surface area contributed by atoms with Gasteiger partial charge in [0.05, 0.1) is 19.0 Å². The highest BCUT2D eigenvalue weighted by Crippen LogP contribution is 2.14. The van der Waals surface area contributed by atoms with Crippen LogP contribution in [-0.2, 0) is 14.6 Å². The molecule has 124 valence electrons. The first kappa shape index (κ1) is 18.2. The van der Waals surface area contributed by atoms with Crippen molar-refractivity contribution in [2.75, 3.05) is 58.4 Å². The third-order valence-corrected chi connectivity index (χ3v) is 4.49. The predicted octanol–water partition coefficient (Wildman–Crippen LogP) is -0.693. The van der Waals surface area contributed by atoms with Gasteiger partial charge in [0.2, 0.25) is 0 Å². The first-order chi connectivity index (χ1) is 9.74. The summed E-state index contributed by atoms with van der Waals surface area (Å²) >= 11 is 0. The highest BCUT2D eigenvalue weighted by molar-refractivity contribution is 7.90. The zero-order valence-corrected chi connectivity index (χ0v) is 14.3. The third-order valence-electron chi connectivity index (χ3n) is 3.54. The number of ether oxygens (including phenoxy) is 1. The molecular formula is C13H28N4O3S. The monoisotopic (exact) mass is 320 g/mol. The zero-order chi connectivity index (χ0) is 15.9. The molecule has 7 nitrogen and oxygen atoms in total. The van der Waals surface area contributed by atoms with Gasteiger partial charge in [-0.1, -0.05) is 0 Å². The Morgan fingerprint density at radius 3 is 2.43 bits per heavy atom. The van der Waals surface area contributed by atoms with Crippen molar-refractivity contribution < 1.29 is 13.2 Å². The summed E-state index contributed by atoms with van der Waals surface area (Å²) < 4.78 is 27.6. The van der Waals surface area contributed by atoms with Crippen LogP contribution in [0.15, 0.2) is 4.99 Å². The molecule has 0 aromatic carbocycles. The molecule has 0 bridgehead atoms. The van der Waals surface area contributed by atoms with Crippen molar-refractivity contribution in [3.8, 4) is 0 Å². The maximum atomic E-state index is 11.1. The highest BCUT2D eigenvalue weighted by Gasteiger charge is 2.28. The minimum atomic E-state index is -2.96. The van der Waals surface area contributed by atoms with Gasteiger partial charge in [0.25, 0.3) is 0 Å². The lowest BCUT2D eigenvalue weighted by molar-refractivity contribution is -0.00833. The molecule has 0 aromatic rings. The number of nitrogens with one attached hydrogen (secondary N) is 2. The lowest BCUT2D eigenvalue weighted by Crippen LogP contribution is -2.56. The number of morpholine rings is 1. The van der Waals surface area contributed by atoms with Gasteiger partial charge in [-0.2, -0.15) is 0 Å². The summed E-state index contributed by atoms with van der Waals surface area (Å²) in [6.07, 6.45) is 1.23. The lowest BCUT2D eigenvalue weighted by Gasteiger charge is -2.41. The van der Waals surface area contributed by atoms with Gasteiger partial charge in [-0.25, -0.2) is 8.42 Å². The van der Waals surface area contributed by atoms with E-state index < -0.39 is 9.84 Å². The third kappa shape index (κ3) is 7.10. The van der Waals surface area contributed by atoms with Crippen molar-refractivity contribution in [2.45, 2.75) is 19.4 Å². The molecule has 1 aliphatic heterocycles. The van der Waals surface area contributed by atoms with Crippen molar-refractivity contribution in [1.82, 2.24) is 15.5 Å². The summed E-state index contributed by atoms with van der Waals surface area (Å²) in [5.41, 5.74) is -0.0156. The Kier molecular flexibility index (Phi) is 6.89. The second kappa shape index (κ2) is 7.95. The highest BCUT2D eigenvalue weighted by atomic mass is 32.2. The second-order valence-electron chi connectivity index (χ2n) is 5.89. The van der Waals surface area contributed by atoms with Crippen LogP contribution in [0.4, 0.5) is 0 Å². The number of nitrogens with zero attached hydrogens (tertiary/aromatic N) is 2. The van der Waals surface area contributed by atoms with Crippen molar-refractivity contribution in [3.05, 3.63) is 0 Å². The minimum absolute atomic E-state index is 0.0156. The molecule has 0 atom stereocenters. The van der Waals surface area contributed by atoms with Crippen LogP contribution in [0.5, 0.6) is 0 Å². The van der Waals surface area contributed by atoms with Gasteiger partial charge in [0.15, 0.2) is 5.96 Å². The Morgan fingerprint density at radius 2 is 1.90 bits per heavy atom. The van der Waals surface area contributed by atoms with E-state index in [1.54, 1.807) is 7.05 Å². The molecule has 1 rings (SSSR count). The average molecular weight is 320 g/mol. The summed E-state index contributed by atoms with van der Waals surface area (Å²) in [7, 11) is -1.28. The van der Waals surface area contributed by atoms with Crippen LogP contribution >= 0.6 is 0 Å². The maximum absolute atomic E-state index is 11.1. The number of rotatable bonds is 6. The quantitative estimate of drug-likeness (QED) is 0.498. The largest absolute Gasteiger partial charge is 0.379 e. The molecular weight excluding hydrogens is 292 g/mol. The van der Waals surface area contributed by atoms with Gasteiger partial charge >= 0.3 is 0 Å². The van der Waals surface area contributed by atoms with Gasteiger partial charge < -0.3 is 15.4 Å². The van der Waals surface area contributed by atoms with Crippen LogP contribution < -0.4 is 10.6 Å². The molecule has 0 radical (unpaired) electrons. The number of guanidine groups is 1. The zero-order valence-electron chi connectivity index (χ0n) is 13.5. The molecule has 0 amide bonds. The van der Waals surface area contributed by atoms with Crippen LogP contribution in [0.3, 0.4) is 0 Å². The summed E-state index contributed by atoms with van der Waals surface area (Å²) in [5.74, 6) is 0.723. The van der Waals surface area contributed by atoms with Crippen LogP contribution in [0.2, 0.25) is 0 Å². The van der Waals surface area contributed by atoms with Crippen LogP contribution in [0, 0.1) is 0 Å². The first-order valence-corrected chi connectivity index (χ1v) is 9.26. The maximum Gasteiger partial charge on any atom is 0.191 e. The van der Waals surface area contributed by atoms with Crippen molar-refractivity contribution in [1.29, 1.82) is 0 Å².